The molecule has 0 radical (unpaired) electrons. The fraction of sp³-hybridized carbons (Fsp3) is 0.933. The quantitative estimate of drug-likeness (QED) is 0.775. The van der Waals surface area contributed by atoms with Crippen molar-refractivity contribution in [2.24, 2.45) is 10.8 Å². The lowest BCUT2D eigenvalue weighted by atomic mass is 9.58. The zero-order valence-electron chi connectivity index (χ0n) is 12.3. The SMILES string of the molecule is CC1(C)CC(C)(C)CC(C#N)(N2CCNCC2)C1. The van der Waals surface area contributed by atoms with Crippen molar-refractivity contribution in [3.05, 3.63) is 0 Å². The van der Waals surface area contributed by atoms with Crippen molar-refractivity contribution < 1.29 is 0 Å². The summed E-state index contributed by atoms with van der Waals surface area (Å²) in [6.07, 6.45) is 3.25. The van der Waals surface area contributed by atoms with E-state index in [0.29, 0.717) is 0 Å². The lowest BCUT2D eigenvalue weighted by Gasteiger charge is -2.53. The van der Waals surface area contributed by atoms with Gasteiger partial charge in [-0.25, -0.2) is 0 Å². The molecule has 0 unspecified atom stereocenters. The zero-order chi connectivity index (χ0) is 13.4. The van der Waals surface area contributed by atoms with Crippen molar-refractivity contribution in [2.75, 3.05) is 26.2 Å². The van der Waals surface area contributed by atoms with Crippen LogP contribution in [-0.2, 0) is 0 Å². The number of rotatable bonds is 1. The summed E-state index contributed by atoms with van der Waals surface area (Å²) < 4.78 is 0. The topological polar surface area (TPSA) is 39.1 Å². The van der Waals surface area contributed by atoms with Crippen LogP contribution in [0.15, 0.2) is 0 Å². The first-order valence-electron chi connectivity index (χ1n) is 7.16. The van der Waals surface area contributed by atoms with Crippen molar-refractivity contribution in [1.82, 2.24) is 10.2 Å². The molecule has 3 heteroatoms. The first-order valence-corrected chi connectivity index (χ1v) is 7.16. The summed E-state index contributed by atoms with van der Waals surface area (Å²) in [5.74, 6) is 0. The minimum atomic E-state index is -0.243. The van der Waals surface area contributed by atoms with Crippen LogP contribution >= 0.6 is 0 Å². The van der Waals surface area contributed by atoms with E-state index in [0.717, 1.165) is 39.0 Å². The predicted octanol–water partition coefficient (Wildman–Crippen LogP) is 2.39. The fourth-order valence-corrected chi connectivity index (χ4v) is 4.53. The Bertz CT molecular complexity index is 329. The molecule has 1 N–H and O–H groups in total. The van der Waals surface area contributed by atoms with Gasteiger partial charge in [0.25, 0.3) is 0 Å². The zero-order valence-corrected chi connectivity index (χ0v) is 12.3. The van der Waals surface area contributed by atoms with Crippen molar-refractivity contribution in [3.63, 3.8) is 0 Å². The maximum absolute atomic E-state index is 9.85. The van der Waals surface area contributed by atoms with Gasteiger partial charge in [0.2, 0.25) is 0 Å². The lowest BCUT2D eigenvalue weighted by Crippen LogP contribution is -2.60. The van der Waals surface area contributed by atoms with E-state index in [9.17, 15) is 5.26 Å². The second-order valence-corrected chi connectivity index (χ2v) is 7.74. The van der Waals surface area contributed by atoms with Gasteiger partial charge in [0.15, 0.2) is 0 Å². The van der Waals surface area contributed by atoms with Crippen molar-refractivity contribution in [2.45, 2.75) is 52.5 Å². The number of hydrogen-bond acceptors (Lipinski definition) is 3. The molecular weight excluding hydrogens is 222 g/mol. The smallest absolute Gasteiger partial charge is 0.110 e. The summed E-state index contributed by atoms with van der Waals surface area (Å²) in [5.41, 5.74) is 0.290. The molecular formula is C15H27N3. The highest BCUT2D eigenvalue weighted by atomic mass is 15.2. The second-order valence-electron chi connectivity index (χ2n) is 7.74. The molecule has 0 aromatic rings. The molecule has 1 aliphatic carbocycles. The van der Waals surface area contributed by atoms with Crippen LogP contribution in [0.3, 0.4) is 0 Å². The molecule has 2 aliphatic rings. The molecule has 3 nitrogen and oxygen atoms in total. The Balaban J connectivity index is 2.27. The number of nitrogens with one attached hydrogen (secondary N) is 1. The maximum Gasteiger partial charge on any atom is 0.110 e. The summed E-state index contributed by atoms with van der Waals surface area (Å²) >= 11 is 0. The van der Waals surface area contributed by atoms with Crippen LogP contribution in [0.5, 0.6) is 0 Å². The fourth-order valence-electron chi connectivity index (χ4n) is 4.53. The summed E-state index contributed by atoms with van der Waals surface area (Å²) in [6, 6.07) is 2.70. The van der Waals surface area contributed by atoms with E-state index < -0.39 is 0 Å². The van der Waals surface area contributed by atoms with Gasteiger partial charge in [-0.3, -0.25) is 4.90 Å². The molecule has 0 aromatic carbocycles. The molecule has 0 aromatic heterocycles. The summed E-state index contributed by atoms with van der Waals surface area (Å²) in [5, 5.41) is 13.2. The molecule has 0 amide bonds. The Kier molecular flexibility index (Phi) is 3.46. The van der Waals surface area contributed by atoms with Crippen LogP contribution < -0.4 is 5.32 Å². The summed E-state index contributed by atoms with van der Waals surface area (Å²) in [4.78, 5) is 2.44. The Morgan fingerprint density at radius 2 is 1.44 bits per heavy atom. The monoisotopic (exact) mass is 249 g/mol. The minimum Gasteiger partial charge on any atom is -0.314 e. The molecule has 1 saturated heterocycles. The lowest BCUT2D eigenvalue weighted by molar-refractivity contribution is -0.0206. The normalized spacial score (nSPS) is 30.6. The standard InChI is InChI=1S/C15H27N3/c1-13(2)9-14(3,4)11-15(10-13,12-16)18-7-5-17-6-8-18/h17H,5-11H2,1-4H3. The van der Waals surface area contributed by atoms with Crippen molar-refractivity contribution in [3.8, 4) is 6.07 Å². The molecule has 2 rings (SSSR count). The van der Waals surface area contributed by atoms with Crippen LogP contribution in [0.2, 0.25) is 0 Å². The van der Waals surface area contributed by atoms with Gasteiger partial charge in [-0.2, -0.15) is 5.26 Å². The highest BCUT2D eigenvalue weighted by molar-refractivity contribution is 5.16. The van der Waals surface area contributed by atoms with Gasteiger partial charge in [0.05, 0.1) is 6.07 Å². The highest BCUT2D eigenvalue weighted by Gasteiger charge is 2.50. The molecule has 1 aliphatic heterocycles. The molecule has 1 saturated carbocycles. The molecule has 0 spiro atoms. The van der Waals surface area contributed by atoms with Crippen molar-refractivity contribution in [1.29, 1.82) is 5.26 Å². The van der Waals surface area contributed by atoms with Crippen LogP contribution in [0.4, 0.5) is 0 Å². The summed E-state index contributed by atoms with van der Waals surface area (Å²) in [7, 11) is 0. The highest BCUT2D eigenvalue weighted by Crippen LogP contribution is 2.51. The predicted molar refractivity (Wildman–Crippen MR) is 74.2 cm³/mol. The number of nitrogens with zero attached hydrogens (tertiary/aromatic N) is 2. The number of piperazine rings is 1. The average molecular weight is 249 g/mol. The third-order valence-electron chi connectivity index (χ3n) is 4.43. The van der Waals surface area contributed by atoms with Gasteiger partial charge in [0.1, 0.15) is 5.54 Å². The van der Waals surface area contributed by atoms with Gasteiger partial charge in [-0.15, -0.1) is 0 Å². The van der Waals surface area contributed by atoms with Crippen LogP contribution in [0.25, 0.3) is 0 Å². The first kappa shape index (κ1) is 13.8. The van der Waals surface area contributed by atoms with Gasteiger partial charge in [-0.05, 0) is 30.1 Å². The Morgan fingerprint density at radius 1 is 0.944 bits per heavy atom. The first-order chi connectivity index (χ1) is 8.29. The van der Waals surface area contributed by atoms with E-state index in [4.69, 9.17) is 0 Å². The Hall–Kier alpha value is -0.590. The average Bonchev–Trinajstić information content (AvgIpc) is 2.26. The van der Waals surface area contributed by atoms with E-state index in [-0.39, 0.29) is 16.4 Å². The summed E-state index contributed by atoms with van der Waals surface area (Å²) in [6.45, 7) is 13.4. The van der Waals surface area contributed by atoms with E-state index >= 15 is 0 Å². The molecule has 18 heavy (non-hydrogen) atoms. The van der Waals surface area contributed by atoms with E-state index in [2.05, 4.69) is 44.0 Å². The Morgan fingerprint density at radius 3 is 1.89 bits per heavy atom. The van der Waals surface area contributed by atoms with E-state index in [1.807, 2.05) is 0 Å². The Labute approximate surface area is 112 Å². The largest absolute Gasteiger partial charge is 0.314 e. The molecule has 1 heterocycles. The minimum absolute atomic E-state index is 0.243. The van der Waals surface area contributed by atoms with Gasteiger partial charge in [-0.1, -0.05) is 27.7 Å². The molecule has 0 bridgehead atoms. The molecule has 102 valence electrons. The third kappa shape index (κ3) is 2.70. The van der Waals surface area contributed by atoms with Crippen molar-refractivity contribution >= 4 is 0 Å². The van der Waals surface area contributed by atoms with E-state index in [1.54, 1.807) is 0 Å². The second kappa shape index (κ2) is 4.51. The van der Waals surface area contributed by atoms with Gasteiger partial charge in [0, 0.05) is 26.2 Å². The van der Waals surface area contributed by atoms with Gasteiger partial charge < -0.3 is 5.32 Å². The number of nitriles is 1. The molecule has 0 atom stereocenters. The van der Waals surface area contributed by atoms with Gasteiger partial charge >= 0.3 is 0 Å². The third-order valence-corrected chi connectivity index (χ3v) is 4.43. The van der Waals surface area contributed by atoms with Crippen LogP contribution in [-0.4, -0.2) is 36.6 Å². The van der Waals surface area contributed by atoms with E-state index in [1.165, 1.54) is 6.42 Å². The maximum atomic E-state index is 9.85. The number of hydrogen-bond donors (Lipinski definition) is 1. The van der Waals surface area contributed by atoms with Crippen LogP contribution in [0, 0.1) is 22.2 Å². The molecule has 2 fully saturated rings. The van der Waals surface area contributed by atoms with Crippen LogP contribution in [0.1, 0.15) is 47.0 Å².